The van der Waals surface area contributed by atoms with Gasteiger partial charge < -0.3 is 15.7 Å². The van der Waals surface area contributed by atoms with E-state index in [0.717, 1.165) is 38.5 Å². The first-order chi connectivity index (χ1) is 7.93. The van der Waals surface area contributed by atoms with Gasteiger partial charge in [0.15, 0.2) is 0 Å². The van der Waals surface area contributed by atoms with Crippen LogP contribution in [-0.2, 0) is 0 Å². The van der Waals surface area contributed by atoms with Gasteiger partial charge in [-0.3, -0.25) is 0 Å². The van der Waals surface area contributed by atoms with E-state index in [-0.39, 0.29) is 23.7 Å². The molecule has 0 aromatic heterocycles. The highest BCUT2D eigenvalue weighted by molar-refractivity contribution is 5.75. The SMILES string of the molecule is CCCC(C)(C)NC(=O)NC1CCC(O)CC1. The lowest BCUT2D eigenvalue weighted by Gasteiger charge is -2.30. The average Bonchev–Trinajstić information content (AvgIpc) is 2.20. The van der Waals surface area contributed by atoms with Crippen molar-refractivity contribution < 1.29 is 9.90 Å². The molecule has 1 saturated carbocycles. The predicted molar refractivity (Wildman–Crippen MR) is 68.9 cm³/mol. The van der Waals surface area contributed by atoms with E-state index >= 15 is 0 Å². The van der Waals surface area contributed by atoms with Crippen molar-refractivity contribution in [3.05, 3.63) is 0 Å². The summed E-state index contributed by atoms with van der Waals surface area (Å²) in [6.07, 6.45) is 5.21. The van der Waals surface area contributed by atoms with E-state index in [4.69, 9.17) is 0 Å². The number of aliphatic hydroxyl groups excluding tert-OH is 1. The molecule has 0 aromatic rings. The van der Waals surface area contributed by atoms with E-state index < -0.39 is 0 Å². The fraction of sp³-hybridized carbons (Fsp3) is 0.923. The minimum atomic E-state index is -0.173. The van der Waals surface area contributed by atoms with Gasteiger partial charge in [0, 0.05) is 11.6 Å². The number of nitrogens with one attached hydrogen (secondary N) is 2. The second kappa shape index (κ2) is 6.24. The van der Waals surface area contributed by atoms with Gasteiger partial charge in [-0.2, -0.15) is 0 Å². The molecule has 0 aliphatic heterocycles. The molecule has 0 bridgehead atoms. The highest BCUT2D eigenvalue weighted by Gasteiger charge is 2.23. The van der Waals surface area contributed by atoms with Crippen molar-refractivity contribution in [3.8, 4) is 0 Å². The van der Waals surface area contributed by atoms with Crippen molar-refractivity contribution in [1.82, 2.24) is 10.6 Å². The van der Waals surface area contributed by atoms with Crippen molar-refractivity contribution in [3.63, 3.8) is 0 Å². The molecule has 1 fully saturated rings. The summed E-state index contributed by atoms with van der Waals surface area (Å²) in [7, 11) is 0. The Morgan fingerprint density at radius 3 is 2.41 bits per heavy atom. The lowest BCUT2D eigenvalue weighted by molar-refractivity contribution is 0.117. The number of hydrogen-bond acceptors (Lipinski definition) is 2. The summed E-state index contributed by atoms with van der Waals surface area (Å²) in [6.45, 7) is 6.20. The highest BCUT2D eigenvalue weighted by atomic mass is 16.3. The van der Waals surface area contributed by atoms with Crippen molar-refractivity contribution in [2.45, 2.75) is 77.0 Å². The quantitative estimate of drug-likeness (QED) is 0.707. The Bertz CT molecular complexity index is 246. The molecule has 0 unspecified atom stereocenters. The molecule has 0 heterocycles. The zero-order valence-corrected chi connectivity index (χ0v) is 11.3. The van der Waals surface area contributed by atoms with Crippen LogP contribution < -0.4 is 10.6 Å². The van der Waals surface area contributed by atoms with Gasteiger partial charge in [0.05, 0.1) is 6.10 Å². The molecule has 2 amide bonds. The first kappa shape index (κ1) is 14.3. The first-order valence-corrected chi connectivity index (χ1v) is 6.69. The highest BCUT2D eigenvalue weighted by Crippen LogP contribution is 2.18. The molecular formula is C13H26N2O2. The number of carbonyl (C=O) groups is 1. The Hall–Kier alpha value is -0.770. The van der Waals surface area contributed by atoms with Crippen LogP contribution in [0.5, 0.6) is 0 Å². The fourth-order valence-electron chi connectivity index (χ4n) is 2.44. The number of hydrogen-bond donors (Lipinski definition) is 3. The standard InChI is InChI=1S/C13H26N2O2/c1-4-9-13(2,3)15-12(17)14-10-5-7-11(16)8-6-10/h10-11,16H,4-9H2,1-3H3,(H2,14,15,17). The smallest absolute Gasteiger partial charge is 0.315 e. The number of rotatable bonds is 4. The summed E-state index contributed by atoms with van der Waals surface area (Å²) in [6, 6.07) is 0.140. The third-order valence-corrected chi connectivity index (χ3v) is 3.36. The maximum absolute atomic E-state index is 11.8. The summed E-state index contributed by atoms with van der Waals surface area (Å²) in [4.78, 5) is 11.8. The Kier molecular flexibility index (Phi) is 5.25. The van der Waals surface area contributed by atoms with Crippen LogP contribution in [0.3, 0.4) is 0 Å². The second-order valence-corrected chi connectivity index (χ2v) is 5.74. The first-order valence-electron chi connectivity index (χ1n) is 6.69. The Labute approximate surface area is 104 Å². The third-order valence-electron chi connectivity index (χ3n) is 3.36. The molecule has 0 spiro atoms. The van der Waals surface area contributed by atoms with Crippen LogP contribution in [-0.4, -0.2) is 28.8 Å². The molecule has 4 heteroatoms. The molecule has 0 saturated heterocycles. The second-order valence-electron chi connectivity index (χ2n) is 5.74. The van der Waals surface area contributed by atoms with E-state index in [1.807, 2.05) is 13.8 Å². The van der Waals surface area contributed by atoms with Gasteiger partial charge in [-0.05, 0) is 46.0 Å². The van der Waals surface area contributed by atoms with Gasteiger partial charge >= 0.3 is 6.03 Å². The fourth-order valence-corrected chi connectivity index (χ4v) is 2.44. The van der Waals surface area contributed by atoms with Gasteiger partial charge in [0.2, 0.25) is 0 Å². The predicted octanol–water partition coefficient (Wildman–Crippen LogP) is 2.17. The Balaban J connectivity index is 2.29. The van der Waals surface area contributed by atoms with Gasteiger partial charge in [-0.25, -0.2) is 4.79 Å². The van der Waals surface area contributed by atoms with E-state index in [2.05, 4.69) is 17.6 Å². The minimum absolute atomic E-state index is 0.0789. The van der Waals surface area contributed by atoms with Crippen LogP contribution >= 0.6 is 0 Å². The summed E-state index contributed by atoms with van der Waals surface area (Å²) < 4.78 is 0. The van der Waals surface area contributed by atoms with Gasteiger partial charge in [0.25, 0.3) is 0 Å². The van der Waals surface area contributed by atoms with E-state index in [1.54, 1.807) is 0 Å². The van der Waals surface area contributed by atoms with Crippen LogP contribution in [0, 0.1) is 0 Å². The van der Waals surface area contributed by atoms with E-state index in [0.29, 0.717) is 0 Å². The monoisotopic (exact) mass is 242 g/mol. The largest absolute Gasteiger partial charge is 0.393 e. The molecular weight excluding hydrogens is 216 g/mol. The summed E-state index contributed by atoms with van der Waals surface area (Å²) in [5.41, 5.74) is -0.146. The van der Waals surface area contributed by atoms with Crippen LogP contribution in [0.15, 0.2) is 0 Å². The number of carbonyl (C=O) groups excluding carboxylic acids is 1. The van der Waals surface area contributed by atoms with Crippen molar-refractivity contribution >= 4 is 6.03 Å². The molecule has 0 radical (unpaired) electrons. The van der Waals surface area contributed by atoms with Gasteiger partial charge in [-0.1, -0.05) is 13.3 Å². The van der Waals surface area contributed by atoms with Crippen molar-refractivity contribution in [2.24, 2.45) is 0 Å². The normalized spacial score (nSPS) is 25.4. The molecule has 1 aliphatic carbocycles. The van der Waals surface area contributed by atoms with Gasteiger partial charge in [-0.15, -0.1) is 0 Å². The molecule has 3 N–H and O–H groups in total. The average molecular weight is 242 g/mol. The summed E-state index contributed by atoms with van der Waals surface area (Å²) in [5, 5.41) is 15.4. The van der Waals surface area contributed by atoms with E-state index in [9.17, 15) is 9.90 Å². The minimum Gasteiger partial charge on any atom is -0.393 e. The van der Waals surface area contributed by atoms with Crippen molar-refractivity contribution in [1.29, 1.82) is 0 Å². The molecule has 1 aliphatic rings. The van der Waals surface area contributed by atoms with Crippen LogP contribution in [0.4, 0.5) is 4.79 Å². The van der Waals surface area contributed by atoms with Crippen LogP contribution in [0.1, 0.15) is 59.3 Å². The summed E-state index contributed by atoms with van der Waals surface area (Å²) >= 11 is 0. The zero-order valence-electron chi connectivity index (χ0n) is 11.3. The van der Waals surface area contributed by atoms with Crippen LogP contribution in [0.25, 0.3) is 0 Å². The zero-order chi connectivity index (χ0) is 12.9. The topological polar surface area (TPSA) is 61.4 Å². The Morgan fingerprint density at radius 2 is 1.88 bits per heavy atom. The van der Waals surface area contributed by atoms with Crippen LogP contribution in [0.2, 0.25) is 0 Å². The maximum atomic E-state index is 11.8. The molecule has 4 nitrogen and oxygen atoms in total. The maximum Gasteiger partial charge on any atom is 0.315 e. The van der Waals surface area contributed by atoms with Crippen molar-refractivity contribution in [2.75, 3.05) is 0 Å². The summed E-state index contributed by atoms with van der Waals surface area (Å²) in [5.74, 6) is 0. The van der Waals surface area contributed by atoms with Gasteiger partial charge in [0.1, 0.15) is 0 Å². The lowest BCUT2D eigenvalue weighted by Crippen LogP contribution is -2.51. The van der Waals surface area contributed by atoms with E-state index in [1.165, 1.54) is 0 Å². The Morgan fingerprint density at radius 1 is 1.29 bits per heavy atom. The number of amides is 2. The third kappa shape index (κ3) is 5.39. The molecule has 0 atom stereocenters. The number of urea groups is 1. The lowest BCUT2D eigenvalue weighted by atomic mass is 9.93. The molecule has 100 valence electrons. The molecule has 17 heavy (non-hydrogen) atoms. The number of aliphatic hydroxyl groups is 1. The molecule has 0 aromatic carbocycles. The molecule has 1 rings (SSSR count).